The number of nitrogens with two attached hydrogens (primary N) is 1. The number of rotatable bonds is 6. The van der Waals surface area contributed by atoms with Gasteiger partial charge < -0.3 is 15.4 Å². The average Bonchev–Trinajstić information content (AvgIpc) is 3.29. The molecule has 2 N–H and O–H groups in total. The number of carbonyl (C=O) groups excluding carboxylic acids is 2. The van der Waals surface area contributed by atoms with Crippen molar-refractivity contribution < 1.29 is 14.3 Å². The highest BCUT2D eigenvalue weighted by Crippen LogP contribution is 2.27. The number of thiocarbonyl (C=S) groups is 1. The third kappa shape index (κ3) is 3.98. The zero-order chi connectivity index (χ0) is 15.4. The molecule has 1 aromatic heterocycles. The van der Waals surface area contributed by atoms with Gasteiger partial charge in [0.05, 0.1) is 6.61 Å². The molecule has 1 fully saturated rings. The van der Waals surface area contributed by atoms with Crippen molar-refractivity contribution in [1.29, 1.82) is 0 Å². The van der Waals surface area contributed by atoms with Crippen molar-refractivity contribution in [2.24, 2.45) is 5.73 Å². The van der Waals surface area contributed by atoms with Gasteiger partial charge in [0.15, 0.2) is 0 Å². The monoisotopic (exact) mass is 307 g/mol. The number of ether oxygens (including phenoxy) is 1. The zero-order valence-electron chi connectivity index (χ0n) is 11.7. The van der Waals surface area contributed by atoms with Gasteiger partial charge in [-0.25, -0.2) is 0 Å². The van der Waals surface area contributed by atoms with Crippen LogP contribution in [0.4, 0.5) is 0 Å². The van der Waals surface area contributed by atoms with Crippen molar-refractivity contribution in [3.05, 3.63) is 29.6 Å². The maximum atomic E-state index is 12.4. The summed E-state index contributed by atoms with van der Waals surface area (Å²) in [4.78, 5) is 29.9. The summed E-state index contributed by atoms with van der Waals surface area (Å²) in [5.41, 5.74) is 6.36. The lowest BCUT2D eigenvalue weighted by Gasteiger charge is -2.20. The molecule has 0 unspecified atom stereocenters. The summed E-state index contributed by atoms with van der Waals surface area (Å²) in [5, 5.41) is 0. The van der Waals surface area contributed by atoms with Crippen LogP contribution in [-0.2, 0) is 9.53 Å². The third-order valence-electron chi connectivity index (χ3n) is 3.12. The third-order valence-corrected chi connectivity index (χ3v) is 3.36. The molecule has 0 spiro atoms. The Hall–Kier alpha value is -2.02. The van der Waals surface area contributed by atoms with Crippen molar-refractivity contribution in [3.63, 3.8) is 0 Å². The second-order valence-electron chi connectivity index (χ2n) is 4.77. The largest absolute Gasteiger partial charge is 0.465 e. The molecule has 2 rings (SSSR count). The molecule has 21 heavy (non-hydrogen) atoms. The van der Waals surface area contributed by atoms with Gasteiger partial charge in [-0.05, 0) is 31.9 Å². The first-order chi connectivity index (χ1) is 10.0. The fourth-order valence-corrected chi connectivity index (χ4v) is 2.03. The average molecular weight is 307 g/mol. The predicted octanol–water partition coefficient (Wildman–Crippen LogP) is 0.883. The maximum absolute atomic E-state index is 12.4. The minimum absolute atomic E-state index is 0.0456. The molecule has 1 saturated carbocycles. The Bertz CT molecular complexity index is 555. The van der Waals surface area contributed by atoms with Gasteiger partial charge in [-0.3, -0.25) is 14.6 Å². The van der Waals surface area contributed by atoms with Crippen LogP contribution in [-0.4, -0.2) is 45.9 Å². The molecule has 1 heterocycles. The first kappa shape index (κ1) is 15.4. The Morgan fingerprint density at radius 2 is 2.19 bits per heavy atom. The second kappa shape index (κ2) is 6.62. The lowest BCUT2D eigenvalue weighted by atomic mass is 10.2. The highest BCUT2D eigenvalue weighted by Gasteiger charge is 2.35. The number of hydrogen-bond acceptors (Lipinski definition) is 5. The molecule has 6 nitrogen and oxygen atoms in total. The van der Waals surface area contributed by atoms with Gasteiger partial charge in [0.1, 0.15) is 17.2 Å². The van der Waals surface area contributed by atoms with Crippen molar-refractivity contribution in [2.45, 2.75) is 25.8 Å². The SMILES string of the molecule is CCOC(=O)CN(C(=O)c1ccc(C(N)=S)cn1)C1CC1. The molecule has 112 valence electrons. The Morgan fingerprint density at radius 3 is 2.67 bits per heavy atom. The van der Waals surface area contributed by atoms with Crippen LogP contribution in [0.25, 0.3) is 0 Å². The summed E-state index contributed by atoms with van der Waals surface area (Å²) >= 11 is 4.84. The van der Waals surface area contributed by atoms with E-state index in [0.717, 1.165) is 12.8 Å². The molecule has 1 aromatic rings. The number of amides is 1. The van der Waals surface area contributed by atoms with E-state index in [1.165, 1.54) is 11.1 Å². The molecule has 0 radical (unpaired) electrons. The maximum Gasteiger partial charge on any atom is 0.325 e. The quantitative estimate of drug-likeness (QED) is 0.620. The first-order valence-electron chi connectivity index (χ1n) is 6.75. The van der Waals surface area contributed by atoms with Crippen LogP contribution in [0.15, 0.2) is 18.3 Å². The van der Waals surface area contributed by atoms with Crippen LogP contribution in [0, 0.1) is 0 Å². The van der Waals surface area contributed by atoms with Crippen molar-refractivity contribution in [3.8, 4) is 0 Å². The Morgan fingerprint density at radius 1 is 1.48 bits per heavy atom. The summed E-state index contributed by atoms with van der Waals surface area (Å²) < 4.78 is 4.90. The van der Waals surface area contributed by atoms with Gasteiger partial charge in [-0.2, -0.15) is 0 Å². The molecular formula is C14H17N3O3S. The van der Waals surface area contributed by atoms with E-state index in [9.17, 15) is 9.59 Å². The van der Waals surface area contributed by atoms with Gasteiger partial charge in [0, 0.05) is 17.8 Å². The van der Waals surface area contributed by atoms with E-state index in [1.54, 1.807) is 19.1 Å². The Labute approximate surface area is 128 Å². The van der Waals surface area contributed by atoms with E-state index in [1.807, 2.05) is 0 Å². The van der Waals surface area contributed by atoms with E-state index in [2.05, 4.69) is 4.98 Å². The smallest absolute Gasteiger partial charge is 0.325 e. The molecule has 0 aliphatic heterocycles. The predicted molar refractivity (Wildman–Crippen MR) is 80.8 cm³/mol. The molecule has 0 aromatic carbocycles. The molecule has 1 aliphatic rings. The van der Waals surface area contributed by atoms with Crippen LogP contribution >= 0.6 is 12.2 Å². The van der Waals surface area contributed by atoms with Crippen LogP contribution in [0.5, 0.6) is 0 Å². The van der Waals surface area contributed by atoms with E-state index >= 15 is 0 Å². The highest BCUT2D eigenvalue weighted by molar-refractivity contribution is 7.80. The van der Waals surface area contributed by atoms with Crippen LogP contribution in [0.1, 0.15) is 35.8 Å². The number of hydrogen-bond donors (Lipinski definition) is 1. The molecule has 0 bridgehead atoms. The first-order valence-corrected chi connectivity index (χ1v) is 7.16. The van der Waals surface area contributed by atoms with Crippen molar-refractivity contribution >= 4 is 29.1 Å². The van der Waals surface area contributed by atoms with E-state index in [4.69, 9.17) is 22.7 Å². The Kier molecular flexibility index (Phi) is 4.85. The fourth-order valence-electron chi connectivity index (χ4n) is 1.91. The molecule has 1 amide bonds. The fraction of sp³-hybridized carbons (Fsp3) is 0.429. The lowest BCUT2D eigenvalue weighted by Crippen LogP contribution is -2.38. The summed E-state index contributed by atoms with van der Waals surface area (Å²) in [5.74, 6) is -0.683. The standard InChI is InChI=1S/C14H17N3O3S/c1-2-20-12(18)8-17(10-4-5-10)14(19)11-6-3-9(7-16-11)13(15)21/h3,6-7,10H,2,4-5,8H2,1H3,(H2,15,21). The van der Waals surface area contributed by atoms with Gasteiger partial charge in [0.25, 0.3) is 5.91 Å². The van der Waals surface area contributed by atoms with E-state index in [0.29, 0.717) is 12.2 Å². The molecule has 0 atom stereocenters. The molecular weight excluding hydrogens is 290 g/mol. The minimum Gasteiger partial charge on any atom is -0.465 e. The second-order valence-corrected chi connectivity index (χ2v) is 5.21. The van der Waals surface area contributed by atoms with E-state index in [-0.39, 0.29) is 29.2 Å². The summed E-state index contributed by atoms with van der Waals surface area (Å²) in [6.45, 7) is 1.99. The molecule has 1 aliphatic carbocycles. The minimum atomic E-state index is -0.405. The number of esters is 1. The van der Waals surface area contributed by atoms with Gasteiger partial charge in [-0.1, -0.05) is 12.2 Å². The normalized spacial score (nSPS) is 13.6. The molecule has 7 heteroatoms. The number of nitrogens with zero attached hydrogens (tertiary/aromatic N) is 2. The van der Waals surface area contributed by atoms with Crippen LogP contribution < -0.4 is 5.73 Å². The highest BCUT2D eigenvalue weighted by atomic mass is 32.1. The molecule has 0 saturated heterocycles. The van der Waals surface area contributed by atoms with E-state index < -0.39 is 5.97 Å². The van der Waals surface area contributed by atoms with Crippen LogP contribution in [0.3, 0.4) is 0 Å². The van der Waals surface area contributed by atoms with Crippen LogP contribution in [0.2, 0.25) is 0 Å². The summed E-state index contributed by atoms with van der Waals surface area (Å²) in [7, 11) is 0. The Balaban J connectivity index is 2.10. The van der Waals surface area contributed by atoms with Gasteiger partial charge in [-0.15, -0.1) is 0 Å². The zero-order valence-corrected chi connectivity index (χ0v) is 12.6. The number of pyridine rings is 1. The van der Waals surface area contributed by atoms with Gasteiger partial charge in [0.2, 0.25) is 0 Å². The topological polar surface area (TPSA) is 85.5 Å². The van der Waals surface area contributed by atoms with Gasteiger partial charge >= 0.3 is 5.97 Å². The van der Waals surface area contributed by atoms with Crippen molar-refractivity contribution in [2.75, 3.05) is 13.2 Å². The van der Waals surface area contributed by atoms with Crippen molar-refractivity contribution in [1.82, 2.24) is 9.88 Å². The summed E-state index contributed by atoms with van der Waals surface area (Å²) in [6.07, 6.45) is 3.26. The lowest BCUT2D eigenvalue weighted by molar-refractivity contribution is -0.144. The number of aromatic nitrogens is 1. The summed E-state index contributed by atoms with van der Waals surface area (Å²) in [6, 6.07) is 3.31. The number of carbonyl (C=O) groups is 2.